The maximum Gasteiger partial charge on any atom is 0.224 e. The van der Waals surface area contributed by atoms with Gasteiger partial charge in [0.1, 0.15) is 4.99 Å². The highest BCUT2D eigenvalue weighted by Crippen LogP contribution is 2.10. The Bertz CT molecular complexity index is 490. The second-order valence-corrected chi connectivity index (χ2v) is 4.77. The first-order valence-electron chi connectivity index (χ1n) is 6.39. The summed E-state index contributed by atoms with van der Waals surface area (Å²) in [4.78, 5) is 14.0. The number of nitrogens with one attached hydrogen (secondary N) is 1. The lowest BCUT2D eigenvalue weighted by molar-refractivity contribution is -0.134. The molecule has 0 aromatic carbocycles. The number of nitrogens with two attached hydrogens (primary N) is 1. The van der Waals surface area contributed by atoms with E-state index >= 15 is 0 Å². The normalized spacial score (nSPS) is 14.9. The Morgan fingerprint density at radius 2 is 2.25 bits per heavy atom. The molecule has 0 bridgehead atoms. The van der Waals surface area contributed by atoms with Crippen molar-refractivity contribution in [2.45, 2.75) is 6.42 Å². The third-order valence-corrected chi connectivity index (χ3v) is 3.20. The predicted octanol–water partition coefficient (Wildman–Crippen LogP) is -0.228. The fourth-order valence-corrected chi connectivity index (χ4v) is 2.08. The Labute approximate surface area is 122 Å². The van der Waals surface area contributed by atoms with Gasteiger partial charge < -0.3 is 20.7 Å². The summed E-state index contributed by atoms with van der Waals surface area (Å²) in [5.41, 5.74) is 6.23. The van der Waals surface area contributed by atoms with Crippen LogP contribution in [0.1, 0.15) is 12.0 Å². The van der Waals surface area contributed by atoms with Crippen LogP contribution in [-0.4, -0.2) is 58.8 Å². The van der Waals surface area contributed by atoms with Crippen molar-refractivity contribution in [1.29, 1.82) is 0 Å². The summed E-state index contributed by atoms with van der Waals surface area (Å²) < 4.78 is 5.21. The second kappa shape index (κ2) is 7.11. The van der Waals surface area contributed by atoms with Crippen LogP contribution in [0.4, 0.5) is 5.82 Å². The van der Waals surface area contributed by atoms with Crippen molar-refractivity contribution in [3.8, 4) is 0 Å². The molecule has 1 aromatic rings. The number of thiocarbonyl (C=S) groups is 1. The number of rotatable bonds is 5. The van der Waals surface area contributed by atoms with Crippen LogP contribution in [0.5, 0.6) is 0 Å². The monoisotopic (exact) mass is 295 g/mol. The van der Waals surface area contributed by atoms with Gasteiger partial charge in [-0.05, 0) is 6.07 Å². The summed E-state index contributed by atoms with van der Waals surface area (Å²) in [6.07, 6.45) is 1.91. The van der Waals surface area contributed by atoms with Crippen LogP contribution < -0.4 is 11.1 Å². The molecule has 1 aromatic heterocycles. The van der Waals surface area contributed by atoms with E-state index in [1.807, 2.05) is 0 Å². The van der Waals surface area contributed by atoms with E-state index in [2.05, 4.69) is 15.5 Å². The zero-order valence-electron chi connectivity index (χ0n) is 11.0. The highest BCUT2D eigenvalue weighted by Gasteiger charge is 2.16. The molecule has 0 spiro atoms. The molecule has 0 aliphatic carbocycles. The van der Waals surface area contributed by atoms with E-state index < -0.39 is 0 Å². The molecule has 2 heterocycles. The molecule has 8 heteroatoms. The Kier molecular flexibility index (Phi) is 5.19. The minimum Gasteiger partial charge on any atom is -0.389 e. The third-order valence-electron chi connectivity index (χ3n) is 2.98. The van der Waals surface area contributed by atoms with E-state index in [4.69, 9.17) is 22.7 Å². The van der Waals surface area contributed by atoms with Gasteiger partial charge in [0, 0.05) is 26.1 Å². The molecule has 1 amide bonds. The molecular formula is C12H17N5O2S. The Balaban J connectivity index is 1.83. The highest BCUT2D eigenvalue weighted by atomic mass is 32.1. The minimum atomic E-state index is 0.0987. The number of morpholine rings is 1. The van der Waals surface area contributed by atoms with Crippen molar-refractivity contribution in [3.63, 3.8) is 0 Å². The average molecular weight is 295 g/mol. The zero-order chi connectivity index (χ0) is 14.4. The van der Waals surface area contributed by atoms with Crippen LogP contribution in [0.25, 0.3) is 0 Å². The summed E-state index contributed by atoms with van der Waals surface area (Å²) >= 11 is 4.93. The van der Waals surface area contributed by atoms with Gasteiger partial charge in [0.2, 0.25) is 5.91 Å². The smallest absolute Gasteiger partial charge is 0.224 e. The lowest BCUT2D eigenvalue weighted by Crippen LogP contribution is -2.41. The van der Waals surface area contributed by atoms with E-state index in [1.54, 1.807) is 11.0 Å². The van der Waals surface area contributed by atoms with Gasteiger partial charge in [-0.2, -0.15) is 5.10 Å². The quantitative estimate of drug-likeness (QED) is 0.725. The van der Waals surface area contributed by atoms with Crippen molar-refractivity contribution in [2.24, 2.45) is 5.73 Å². The predicted molar refractivity (Wildman–Crippen MR) is 78.4 cm³/mol. The van der Waals surface area contributed by atoms with Gasteiger partial charge in [0.05, 0.1) is 25.0 Å². The summed E-state index contributed by atoms with van der Waals surface area (Å²) in [7, 11) is 0. The van der Waals surface area contributed by atoms with Gasteiger partial charge in [0.15, 0.2) is 5.82 Å². The van der Waals surface area contributed by atoms with Gasteiger partial charge >= 0.3 is 0 Å². The van der Waals surface area contributed by atoms with Crippen LogP contribution in [0.3, 0.4) is 0 Å². The van der Waals surface area contributed by atoms with Crippen LogP contribution in [0.2, 0.25) is 0 Å². The van der Waals surface area contributed by atoms with Gasteiger partial charge in [-0.15, -0.1) is 5.10 Å². The number of nitrogens with zero attached hydrogens (tertiary/aromatic N) is 3. The van der Waals surface area contributed by atoms with Crippen molar-refractivity contribution < 1.29 is 9.53 Å². The number of anilines is 1. The van der Waals surface area contributed by atoms with Gasteiger partial charge in [-0.1, -0.05) is 12.2 Å². The van der Waals surface area contributed by atoms with Crippen LogP contribution in [0, 0.1) is 0 Å². The number of aromatic nitrogens is 2. The van der Waals surface area contributed by atoms with Gasteiger partial charge in [-0.25, -0.2) is 0 Å². The fraction of sp³-hybridized carbons (Fsp3) is 0.500. The Morgan fingerprint density at radius 3 is 2.95 bits per heavy atom. The van der Waals surface area contributed by atoms with E-state index in [0.717, 1.165) is 0 Å². The Morgan fingerprint density at radius 1 is 1.50 bits per heavy atom. The molecule has 0 unspecified atom stereocenters. The minimum absolute atomic E-state index is 0.0987. The lowest BCUT2D eigenvalue weighted by Gasteiger charge is -2.26. The summed E-state index contributed by atoms with van der Waals surface area (Å²) in [5, 5.41) is 10.8. The number of amides is 1. The molecule has 2 rings (SSSR count). The first kappa shape index (κ1) is 14.6. The van der Waals surface area contributed by atoms with E-state index in [-0.39, 0.29) is 10.9 Å². The van der Waals surface area contributed by atoms with E-state index in [1.165, 1.54) is 6.20 Å². The van der Waals surface area contributed by atoms with E-state index in [9.17, 15) is 4.79 Å². The molecule has 1 aliphatic rings. The topological polar surface area (TPSA) is 93.4 Å². The molecule has 1 saturated heterocycles. The number of carbonyl (C=O) groups is 1. The van der Waals surface area contributed by atoms with Crippen LogP contribution in [-0.2, 0) is 9.53 Å². The van der Waals surface area contributed by atoms with E-state index in [0.29, 0.717) is 50.7 Å². The maximum absolute atomic E-state index is 12.0. The number of ether oxygens (including phenoxy) is 1. The summed E-state index contributed by atoms with van der Waals surface area (Å²) in [5.74, 6) is 0.608. The molecule has 20 heavy (non-hydrogen) atoms. The first-order chi connectivity index (χ1) is 9.68. The van der Waals surface area contributed by atoms with Crippen molar-refractivity contribution in [2.75, 3.05) is 38.2 Å². The molecule has 0 radical (unpaired) electrons. The number of carbonyl (C=O) groups excluding carboxylic acids is 1. The molecular weight excluding hydrogens is 278 g/mol. The average Bonchev–Trinajstić information content (AvgIpc) is 2.48. The molecule has 3 N–H and O–H groups in total. The summed E-state index contributed by atoms with van der Waals surface area (Å²) in [6.45, 7) is 2.98. The fourth-order valence-electron chi connectivity index (χ4n) is 1.92. The first-order valence-corrected chi connectivity index (χ1v) is 6.80. The van der Waals surface area contributed by atoms with Crippen molar-refractivity contribution in [3.05, 3.63) is 17.8 Å². The number of hydrogen-bond acceptors (Lipinski definition) is 6. The second-order valence-electron chi connectivity index (χ2n) is 4.33. The Hall–Kier alpha value is -1.80. The van der Waals surface area contributed by atoms with Crippen molar-refractivity contribution >= 4 is 28.9 Å². The molecule has 108 valence electrons. The molecule has 1 aliphatic heterocycles. The molecule has 0 saturated carbocycles. The third kappa shape index (κ3) is 3.84. The SMILES string of the molecule is NC(=S)c1ccnnc1NCCC(=O)N1CCOCC1. The van der Waals surface area contributed by atoms with Crippen LogP contribution >= 0.6 is 12.2 Å². The zero-order valence-corrected chi connectivity index (χ0v) is 11.9. The summed E-state index contributed by atoms with van der Waals surface area (Å²) in [6, 6.07) is 1.70. The molecule has 0 atom stereocenters. The largest absolute Gasteiger partial charge is 0.389 e. The standard InChI is InChI=1S/C12H17N5O2S/c13-11(20)9-1-4-15-16-12(9)14-3-2-10(18)17-5-7-19-8-6-17/h1,4H,2-3,5-8H2,(H2,13,20)(H,14,16). The van der Waals surface area contributed by atoms with Gasteiger partial charge in [0.25, 0.3) is 0 Å². The molecule has 1 fully saturated rings. The van der Waals surface area contributed by atoms with Crippen molar-refractivity contribution in [1.82, 2.24) is 15.1 Å². The van der Waals surface area contributed by atoms with Crippen LogP contribution in [0.15, 0.2) is 12.3 Å². The number of hydrogen-bond donors (Lipinski definition) is 2. The van der Waals surface area contributed by atoms with Gasteiger partial charge in [-0.3, -0.25) is 4.79 Å². The lowest BCUT2D eigenvalue weighted by atomic mass is 10.2. The highest BCUT2D eigenvalue weighted by molar-refractivity contribution is 7.80. The maximum atomic E-state index is 12.0. The molecule has 7 nitrogen and oxygen atoms in total.